The monoisotopic (exact) mass is 634 g/mol. The minimum absolute atomic E-state index is 0.0281. The van der Waals surface area contributed by atoms with E-state index in [1.54, 1.807) is 14.0 Å². The van der Waals surface area contributed by atoms with E-state index in [-0.39, 0.29) is 22.9 Å². The Morgan fingerprint density at radius 1 is 0.909 bits per heavy atom. The van der Waals surface area contributed by atoms with Crippen LogP contribution in [-0.2, 0) is 21.9 Å². The van der Waals surface area contributed by atoms with Crippen molar-refractivity contribution < 1.29 is 32.3 Å². The summed E-state index contributed by atoms with van der Waals surface area (Å²) >= 11 is 0. The number of halogens is 4. The summed E-state index contributed by atoms with van der Waals surface area (Å²) in [6, 6.07) is 3.34. The summed E-state index contributed by atoms with van der Waals surface area (Å²) in [5.74, 6) is -5.39. The fourth-order valence-electron chi connectivity index (χ4n) is 3.14. The number of phenols is 1. The van der Waals surface area contributed by atoms with Gasteiger partial charge in [0.15, 0.2) is 5.78 Å². The van der Waals surface area contributed by atoms with Crippen molar-refractivity contribution in [3.05, 3.63) is 41.0 Å². The van der Waals surface area contributed by atoms with Gasteiger partial charge in [0, 0.05) is 33.4 Å². The van der Waals surface area contributed by atoms with Crippen molar-refractivity contribution in [1.82, 2.24) is 5.32 Å². The number of Topliss-reactive ketones (excluding diaryl/α,β-unsaturated/α-hetero) is 2. The third-order valence-electron chi connectivity index (χ3n) is 5.80. The number of benzene rings is 1. The molecular formula is C35H62F4N2O3. The van der Waals surface area contributed by atoms with Crippen molar-refractivity contribution in [2.24, 2.45) is 4.99 Å². The molecule has 0 bridgehead atoms. The number of aromatic hydroxyl groups is 1. The zero-order valence-electron chi connectivity index (χ0n) is 29.8. The van der Waals surface area contributed by atoms with Crippen LogP contribution >= 0.6 is 0 Å². The number of alkyl halides is 4. The van der Waals surface area contributed by atoms with Gasteiger partial charge in [-0.1, -0.05) is 66.4 Å². The molecule has 9 heteroatoms. The SMILES string of the molecule is CC(C)=O.CC/C(C)=C/C(=NC)C(C)=O.CCCCC.CCCNC(CC)C(C)(F)F.CCc1cc(O)cc(C(C)(F)F)c1. The number of aryl methyl sites for hydroxylation is 1. The van der Waals surface area contributed by atoms with Crippen LogP contribution in [0.15, 0.2) is 34.8 Å². The Bertz CT molecular complexity index is 944. The van der Waals surface area contributed by atoms with E-state index in [0.717, 1.165) is 38.3 Å². The second-order valence-corrected chi connectivity index (χ2v) is 10.8. The molecule has 0 saturated heterocycles. The van der Waals surface area contributed by atoms with Crippen LogP contribution in [0.25, 0.3) is 0 Å². The first-order chi connectivity index (χ1) is 20.2. The number of aliphatic imine (C=N–C) groups is 1. The van der Waals surface area contributed by atoms with Gasteiger partial charge in [-0.15, -0.1) is 0 Å². The van der Waals surface area contributed by atoms with Crippen molar-refractivity contribution in [1.29, 1.82) is 0 Å². The molecule has 1 rings (SSSR count). The number of rotatable bonds is 12. The smallest absolute Gasteiger partial charge is 0.270 e. The van der Waals surface area contributed by atoms with E-state index in [9.17, 15) is 27.2 Å². The molecule has 1 unspecified atom stereocenters. The average molecular weight is 635 g/mol. The predicted molar refractivity (Wildman–Crippen MR) is 180 cm³/mol. The maximum absolute atomic E-state index is 12.8. The first kappa shape index (κ1) is 48.4. The highest BCUT2D eigenvalue weighted by atomic mass is 19.3. The molecule has 0 aromatic heterocycles. The lowest BCUT2D eigenvalue weighted by molar-refractivity contribution is -0.115. The second-order valence-electron chi connectivity index (χ2n) is 10.8. The summed E-state index contributed by atoms with van der Waals surface area (Å²) in [7, 11) is 1.64. The lowest BCUT2D eigenvalue weighted by Crippen LogP contribution is -2.42. The van der Waals surface area contributed by atoms with Gasteiger partial charge in [0.05, 0.1) is 11.8 Å². The molecule has 0 radical (unpaired) electrons. The van der Waals surface area contributed by atoms with Gasteiger partial charge < -0.3 is 15.2 Å². The lowest BCUT2D eigenvalue weighted by Gasteiger charge is -2.23. The number of allylic oxidation sites excluding steroid dienone is 2. The number of carbonyl (C=O) groups is 2. The van der Waals surface area contributed by atoms with Crippen molar-refractivity contribution in [3.63, 3.8) is 0 Å². The molecule has 5 nitrogen and oxygen atoms in total. The van der Waals surface area contributed by atoms with Gasteiger partial charge in [0.1, 0.15) is 11.5 Å². The minimum atomic E-state index is -2.89. The van der Waals surface area contributed by atoms with Gasteiger partial charge in [0.25, 0.3) is 11.8 Å². The standard InChI is InChI=1S/C10H12F2O.C9H15NO.C8H17F2N.C5H12.C3H6O/c1-3-7-4-8(10(2,11)12)6-9(13)5-7;1-5-7(2)6-9(10-4)8(3)11;1-4-6-11-7(5-2)8(3,9)10;1-3-5-4-2;1-3(2)4/h4-6,13H,3H2,1-2H3;6H,5H2,1-4H3;7,11H,4-6H2,1-3H3;3-5H2,1-2H3;1-2H3/b;7-6+,10-9?;;;. The van der Waals surface area contributed by atoms with Crippen LogP contribution in [-0.4, -0.2) is 47.9 Å². The van der Waals surface area contributed by atoms with Crippen LogP contribution in [0.4, 0.5) is 17.6 Å². The number of carbonyl (C=O) groups excluding carboxylic acids is 2. The summed E-state index contributed by atoms with van der Waals surface area (Å²) in [5.41, 5.74) is 2.33. The number of phenolic OH excluding ortho intramolecular Hbond substituents is 1. The van der Waals surface area contributed by atoms with Crippen molar-refractivity contribution in [2.75, 3.05) is 13.6 Å². The Balaban J connectivity index is -0.000000241. The molecule has 0 heterocycles. The van der Waals surface area contributed by atoms with Gasteiger partial charge in [-0.25, -0.2) is 17.6 Å². The largest absolute Gasteiger partial charge is 0.508 e. The van der Waals surface area contributed by atoms with Crippen molar-refractivity contribution in [3.8, 4) is 5.75 Å². The molecule has 0 amide bonds. The highest BCUT2D eigenvalue weighted by Crippen LogP contribution is 2.30. The molecule has 2 N–H and O–H groups in total. The van der Waals surface area contributed by atoms with E-state index in [4.69, 9.17) is 5.11 Å². The summed E-state index contributed by atoms with van der Waals surface area (Å²) in [5, 5.41) is 12.0. The number of unbranched alkanes of at least 4 members (excludes halogenated alkanes) is 2. The van der Waals surface area contributed by atoms with E-state index >= 15 is 0 Å². The van der Waals surface area contributed by atoms with Gasteiger partial charge >= 0.3 is 0 Å². The zero-order valence-corrected chi connectivity index (χ0v) is 29.8. The van der Waals surface area contributed by atoms with Gasteiger partial charge in [-0.3, -0.25) is 9.79 Å². The summed E-state index contributed by atoms with van der Waals surface area (Å²) < 4.78 is 51.0. The van der Waals surface area contributed by atoms with Crippen LogP contribution in [0, 0.1) is 0 Å². The Morgan fingerprint density at radius 3 is 1.68 bits per heavy atom. The Morgan fingerprint density at radius 2 is 1.41 bits per heavy atom. The van der Waals surface area contributed by atoms with E-state index in [1.165, 1.54) is 57.7 Å². The van der Waals surface area contributed by atoms with Crippen LogP contribution in [0.1, 0.15) is 133 Å². The van der Waals surface area contributed by atoms with Crippen LogP contribution in [0.3, 0.4) is 0 Å². The molecule has 0 aliphatic heterocycles. The molecule has 0 saturated carbocycles. The first-order valence-electron chi connectivity index (χ1n) is 15.7. The maximum atomic E-state index is 12.8. The molecule has 1 aromatic rings. The number of nitrogens with one attached hydrogen (secondary N) is 1. The fraction of sp³-hybridized carbons (Fsp3) is 0.686. The van der Waals surface area contributed by atoms with Crippen molar-refractivity contribution in [2.45, 2.75) is 146 Å². The predicted octanol–water partition coefficient (Wildman–Crippen LogP) is 10.3. The summed E-state index contributed by atoms with van der Waals surface area (Å²) in [4.78, 5) is 24.2. The van der Waals surface area contributed by atoms with Crippen LogP contribution in [0.5, 0.6) is 5.75 Å². The van der Waals surface area contributed by atoms with Crippen LogP contribution in [0.2, 0.25) is 0 Å². The third kappa shape index (κ3) is 30.9. The summed E-state index contributed by atoms with van der Waals surface area (Å²) in [6.45, 7) is 21.1. The number of ketones is 2. The highest BCUT2D eigenvalue weighted by molar-refractivity contribution is 6.43. The van der Waals surface area contributed by atoms with E-state index < -0.39 is 17.9 Å². The quantitative estimate of drug-likeness (QED) is 0.177. The third-order valence-corrected chi connectivity index (χ3v) is 5.80. The van der Waals surface area contributed by atoms with Gasteiger partial charge in [-0.2, -0.15) is 0 Å². The molecule has 258 valence electrons. The topological polar surface area (TPSA) is 78.8 Å². The normalized spacial score (nSPS) is 12.1. The lowest BCUT2D eigenvalue weighted by atomic mass is 10.0. The fourth-order valence-corrected chi connectivity index (χ4v) is 3.14. The maximum Gasteiger partial charge on any atom is 0.270 e. The van der Waals surface area contributed by atoms with Gasteiger partial charge in [-0.05, 0) is 82.8 Å². The molecule has 0 spiro atoms. The van der Waals surface area contributed by atoms with Crippen molar-refractivity contribution >= 4 is 17.3 Å². The number of nitrogens with zero attached hydrogens (tertiary/aromatic N) is 1. The molecule has 0 aliphatic carbocycles. The van der Waals surface area contributed by atoms with Gasteiger partial charge in [0.2, 0.25) is 0 Å². The Hall–Kier alpha value is -2.55. The molecule has 1 atom stereocenters. The first-order valence-corrected chi connectivity index (χ1v) is 15.7. The second kappa shape index (κ2) is 28.0. The molecular weight excluding hydrogens is 572 g/mol. The van der Waals surface area contributed by atoms with E-state index in [0.29, 0.717) is 25.1 Å². The molecule has 0 fully saturated rings. The highest BCUT2D eigenvalue weighted by Gasteiger charge is 2.31. The zero-order chi connectivity index (χ0) is 35.5. The number of hydrogen-bond acceptors (Lipinski definition) is 5. The average Bonchev–Trinajstić information content (AvgIpc) is 2.91. The molecule has 1 aromatic carbocycles. The minimum Gasteiger partial charge on any atom is -0.508 e. The number of hydrogen-bond donors (Lipinski definition) is 2. The Kier molecular flexibility index (Phi) is 30.7. The van der Waals surface area contributed by atoms with E-state index in [2.05, 4.69) is 31.1 Å². The molecule has 44 heavy (non-hydrogen) atoms. The van der Waals surface area contributed by atoms with Crippen LogP contribution < -0.4 is 5.32 Å². The summed E-state index contributed by atoms with van der Waals surface area (Å²) in [6.07, 6.45) is 8.88. The van der Waals surface area contributed by atoms with E-state index in [1.807, 2.05) is 26.8 Å². The Labute approximate surface area is 266 Å². The molecule has 0 aliphatic rings.